The van der Waals surface area contributed by atoms with Crippen LogP contribution in [0.4, 0.5) is 8.78 Å². The average molecular weight is 369 g/mol. The number of rotatable bonds is 3. The summed E-state index contributed by atoms with van der Waals surface area (Å²) in [6.45, 7) is 2.34. The molecule has 0 bridgehead atoms. The molecule has 0 radical (unpaired) electrons. The maximum Gasteiger partial charge on any atom is 0.260 e. The van der Waals surface area contributed by atoms with E-state index in [4.69, 9.17) is 4.52 Å². The highest BCUT2D eigenvalue weighted by molar-refractivity contribution is 5.95. The van der Waals surface area contributed by atoms with Crippen molar-refractivity contribution in [2.24, 2.45) is 0 Å². The predicted octanol–water partition coefficient (Wildman–Crippen LogP) is 4.30. The van der Waals surface area contributed by atoms with Gasteiger partial charge in [0.05, 0.1) is 0 Å². The Morgan fingerprint density at radius 1 is 1.19 bits per heavy atom. The van der Waals surface area contributed by atoms with E-state index in [1.165, 1.54) is 11.0 Å². The SMILES string of the molecule is Cc1cccc(-c2noc(C3CCCN3C(=O)c3c(F)cccc3F)n2)c1. The molecule has 3 aromatic rings. The molecule has 5 nitrogen and oxygen atoms in total. The van der Waals surface area contributed by atoms with Crippen LogP contribution in [0, 0.1) is 18.6 Å². The first-order valence-electron chi connectivity index (χ1n) is 8.70. The van der Waals surface area contributed by atoms with Gasteiger partial charge in [-0.25, -0.2) is 8.78 Å². The molecule has 1 aromatic heterocycles. The third-order valence-corrected chi connectivity index (χ3v) is 4.69. The van der Waals surface area contributed by atoms with Gasteiger partial charge >= 0.3 is 0 Å². The highest BCUT2D eigenvalue weighted by Gasteiger charge is 2.36. The molecule has 1 atom stereocenters. The van der Waals surface area contributed by atoms with Crippen LogP contribution in [0.25, 0.3) is 11.4 Å². The Labute approximate surface area is 154 Å². The molecule has 4 rings (SSSR count). The lowest BCUT2D eigenvalue weighted by molar-refractivity contribution is 0.0700. The molecule has 1 aliphatic heterocycles. The Bertz CT molecular complexity index is 982. The summed E-state index contributed by atoms with van der Waals surface area (Å²) in [6, 6.07) is 10.5. The van der Waals surface area contributed by atoms with E-state index in [1.54, 1.807) is 0 Å². The summed E-state index contributed by atoms with van der Waals surface area (Å²) in [5.74, 6) is -1.77. The lowest BCUT2D eigenvalue weighted by Crippen LogP contribution is -2.32. The highest BCUT2D eigenvalue weighted by Crippen LogP contribution is 2.34. The molecule has 1 fully saturated rings. The zero-order chi connectivity index (χ0) is 19.0. The quantitative estimate of drug-likeness (QED) is 0.691. The van der Waals surface area contributed by atoms with Crippen molar-refractivity contribution in [1.82, 2.24) is 15.0 Å². The first-order chi connectivity index (χ1) is 13.0. The van der Waals surface area contributed by atoms with Crippen molar-refractivity contribution < 1.29 is 18.1 Å². The summed E-state index contributed by atoms with van der Waals surface area (Å²) in [5, 5.41) is 4.00. The van der Waals surface area contributed by atoms with Gasteiger partial charge in [0.2, 0.25) is 11.7 Å². The molecule has 0 spiro atoms. The molecule has 0 N–H and O–H groups in total. The standard InChI is InChI=1S/C20H17F2N3O2/c1-12-5-2-6-13(11-12)18-23-19(27-24-18)16-9-4-10-25(16)20(26)17-14(21)7-3-8-15(17)22/h2-3,5-8,11,16H,4,9-10H2,1H3. The van der Waals surface area contributed by atoms with Crippen LogP contribution < -0.4 is 0 Å². The van der Waals surface area contributed by atoms with E-state index >= 15 is 0 Å². The van der Waals surface area contributed by atoms with Crippen molar-refractivity contribution in [3.8, 4) is 11.4 Å². The second-order valence-electron chi connectivity index (χ2n) is 6.58. The van der Waals surface area contributed by atoms with Gasteiger partial charge in [-0.2, -0.15) is 4.98 Å². The first kappa shape index (κ1) is 17.3. The van der Waals surface area contributed by atoms with Crippen molar-refractivity contribution in [1.29, 1.82) is 0 Å². The lowest BCUT2D eigenvalue weighted by atomic mass is 10.1. The fraction of sp³-hybridized carbons (Fsp3) is 0.250. The summed E-state index contributed by atoms with van der Waals surface area (Å²) < 4.78 is 33.4. The zero-order valence-corrected chi connectivity index (χ0v) is 14.7. The van der Waals surface area contributed by atoms with E-state index in [2.05, 4.69) is 10.1 Å². The molecular formula is C20H17F2N3O2. The fourth-order valence-electron chi connectivity index (χ4n) is 3.38. The van der Waals surface area contributed by atoms with Gasteiger partial charge in [-0.1, -0.05) is 35.0 Å². The summed E-state index contributed by atoms with van der Waals surface area (Å²) in [6.07, 6.45) is 1.28. The highest BCUT2D eigenvalue weighted by atomic mass is 19.1. The topological polar surface area (TPSA) is 59.2 Å². The lowest BCUT2D eigenvalue weighted by Gasteiger charge is -2.22. The predicted molar refractivity (Wildman–Crippen MR) is 93.8 cm³/mol. The molecule has 1 unspecified atom stereocenters. The summed E-state index contributed by atoms with van der Waals surface area (Å²) in [5.41, 5.74) is 1.32. The van der Waals surface area contributed by atoms with Crippen LogP contribution in [-0.4, -0.2) is 27.5 Å². The molecule has 7 heteroatoms. The van der Waals surface area contributed by atoms with Gasteiger partial charge in [-0.3, -0.25) is 4.79 Å². The van der Waals surface area contributed by atoms with Crippen molar-refractivity contribution in [3.05, 3.63) is 71.1 Å². The minimum absolute atomic E-state index is 0.272. The van der Waals surface area contributed by atoms with Crippen LogP contribution >= 0.6 is 0 Å². The van der Waals surface area contributed by atoms with Gasteiger partial charge in [0, 0.05) is 12.1 Å². The number of aromatic nitrogens is 2. The minimum atomic E-state index is -0.878. The van der Waals surface area contributed by atoms with E-state index in [0.29, 0.717) is 25.2 Å². The van der Waals surface area contributed by atoms with E-state index < -0.39 is 29.1 Å². The van der Waals surface area contributed by atoms with Crippen molar-refractivity contribution in [2.75, 3.05) is 6.54 Å². The molecule has 1 saturated heterocycles. The van der Waals surface area contributed by atoms with Gasteiger partial charge in [0.1, 0.15) is 23.2 Å². The maximum atomic E-state index is 14.0. The number of hydrogen-bond donors (Lipinski definition) is 0. The molecule has 2 aromatic carbocycles. The Balaban J connectivity index is 1.63. The molecular weight excluding hydrogens is 352 g/mol. The van der Waals surface area contributed by atoms with Crippen LogP contribution in [0.2, 0.25) is 0 Å². The smallest absolute Gasteiger partial charge is 0.260 e. The van der Waals surface area contributed by atoms with Gasteiger partial charge in [0.15, 0.2) is 0 Å². The number of aryl methyl sites for hydroxylation is 1. The monoisotopic (exact) mass is 369 g/mol. The number of carbonyl (C=O) groups excluding carboxylic acids is 1. The number of likely N-dealkylation sites (tertiary alicyclic amines) is 1. The number of hydrogen-bond acceptors (Lipinski definition) is 4. The number of halogens is 2. The Morgan fingerprint density at radius 3 is 2.67 bits per heavy atom. The zero-order valence-electron chi connectivity index (χ0n) is 14.7. The molecule has 0 aliphatic carbocycles. The van der Waals surface area contributed by atoms with Crippen molar-refractivity contribution in [3.63, 3.8) is 0 Å². The first-order valence-corrected chi connectivity index (χ1v) is 8.70. The summed E-state index contributed by atoms with van der Waals surface area (Å²) in [7, 11) is 0. The van der Waals surface area contributed by atoms with Gasteiger partial charge in [-0.05, 0) is 38.0 Å². The normalized spacial score (nSPS) is 16.7. The van der Waals surface area contributed by atoms with Gasteiger partial charge in [-0.15, -0.1) is 0 Å². The summed E-state index contributed by atoms with van der Waals surface area (Å²) >= 11 is 0. The molecule has 27 heavy (non-hydrogen) atoms. The molecule has 0 saturated carbocycles. The molecule has 1 amide bonds. The second kappa shape index (κ2) is 6.90. The van der Waals surface area contributed by atoms with Crippen molar-refractivity contribution >= 4 is 5.91 Å². The van der Waals surface area contributed by atoms with Crippen LogP contribution in [0.3, 0.4) is 0 Å². The molecule has 2 heterocycles. The number of amides is 1. The van der Waals surface area contributed by atoms with Gasteiger partial charge < -0.3 is 9.42 Å². The fourth-order valence-corrected chi connectivity index (χ4v) is 3.38. The number of carbonyl (C=O) groups is 1. The van der Waals surface area contributed by atoms with Crippen molar-refractivity contribution in [2.45, 2.75) is 25.8 Å². The van der Waals surface area contributed by atoms with E-state index in [-0.39, 0.29) is 5.89 Å². The molecule has 138 valence electrons. The van der Waals surface area contributed by atoms with Gasteiger partial charge in [0.25, 0.3) is 5.91 Å². The summed E-state index contributed by atoms with van der Waals surface area (Å²) in [4.78, 5) is 18.6. The number of benzene rings is 2. The number of nitrogens with zero attached hydrogens (tertiary/aromatic N) is 3. The van der Waals surface area contributed by atoms with Crippen LogP contribution in [0.15, 0.2) is 47.0 Å². The van der Waals surface area contributed by atoms with Crippen LogP contribution in [-0.2, 0) is 0 Å². The third kappa shape index (κ3) is 3.20. The largest absolute Gasteiger partial charge is 0.337 e. The van der Waals surface area contributed by atoms with E-state index in [0.717, 1.165) is 23.3 Å². The molecule has 1 aliphatic rings. The van der Waals surface area contributed by atoms with E-state index in [1.807, 2.05) is 31.2 Å². The Hall–Kier alpha value is -3.09. The average Bonchev–Trinajstić information content (AvgIpc) is 3.30. The maximum absolute atomic E-state index is 14.0. The minimum Gasteiger partial charge on any atom is -0.337 e. The van der Waals surface area contributed by atoms with Crippen LogP contribution in [0.5, 0.6) is 0 Å². The Kier molecular flexibility index (Phi) is 4.43. The Morgan fingerprint density at radius 2 is 1.93 bits per heavy atom. The third-order valence-electron chi connectivity index (χ3n) is 4.69. The van der Waals surface area contributed by atoms with Crippen LogP contribution in [0.1, 0.15) is 40.7 Å². The second-order valence-corrected chi connectivity index (χ2v) is 6.58. The van der Waals surface area contributed by atoms with E-state index in [9.17, 15) is 13.6 Å².